The number of hydrogen-bond acceptors (Lipinski definition) is 3. The maximum Gasteiger partial charge on any atom is 0.255 e. The number of halogens is 1. The van der Waals surface area contributed by atoms with Crippen molar-refractivity contribution < 1.29 is 4.79 Å². The summed E-state index contributed by atoms with van der Waals surface area (Å²) in [6, 6.07) is 10.5. The standard InChI is InChI=1S/C17H18ClN3O2/c1-20-11-12(6-7-16(20)22)17(23)21-9-8-19-10-15(21)13-4-2-3-5-14(13)18/h2-7,11,15,19H,8-10H2,1H3. The molecule has 1 aromatic heterocycles. The number of carbonyl (C=O) groups is 1. The van der Waals surface area contributed by atoms with Gasteiger partial charge in [-0.3, -0.25) is 9.59 Å². The quantitative estimate of drug-likeness (QED) is 0.913. The summed E-state index contributed by atoms with van der Waals surface area (Å²) in [5, 5.41) is 3.96. The highest BCUT2D eigenvalue weighted by Gasteiger charge is 2.29. The zero-order valence-corrected chi connectivity index (χ0v) is 13.6. The van der Waals surface area contributed by atoms with Crippen molar-refractivity contribution in [3.8, 4) is 0 Å². The topological polar surface area (TPSA) is 54.3 Å². The van der Waals surface area contributed by atoms with Gasteiger partial charge in [-0.2, -0.15) is 0 Å². The number of hydrogen-bond donors (Lipinski definition) is 1. The Hall–Kier alpha value is -2.11. The SMILES string of the molecule is Cn1cc(C(=O)N2CCNCC2c2ccccc2Cl)ccc1=O. The monoisotopic (exact) mass is 331 g/mol. The Morgan fingerprint density at radius 2 is 2.04 bits per heavy atom. The average molecular weight is 332 g/mol. The van der Waals surface area contributed by atoms with Crippen LogP contribution in [0.5, 0.6) is 0 Å². The molecule has 120 valence electrons. The molecule has 0 bridgehead atoms. The number of pyridine rings is 1. The molecule has 2 aromatic rings. The Kier molecular flexibility index (Phi) is 4.50. The first kappa shape index (κ1) is 15.8. The third-order valence-electron chi connectivity index (χ3n) is 4.10. The maximum absolute atomic E-state index is 12.9. The molecule has 1 aliphatic rings. The number of nitrogens with one attached hydrogen (secondary N) is 1. The normalized spacial score (nSPS) is 18.0. The van der Waals surface area contributed by atoms with E-state index in [9.17, 15) is 9.59 Å². The molecule has 0 saturated carbocycles. The van der Waals surface area contributed by atoms with Gasteiger partial charge in [0.25, 0.3) is 5.91 Å². The summed E-state index contributed by atoms with van der Waals surface area (Å²) in [4.78, 5) is 26.2. The van der Waals surface area contributed by atoms with Crippen LogP contribution in [0.4, 0.5) is 0 Å². The largest absolute Gasteiger partial charge is 0.329 e. The number of nitrogens with zero attached hydrogens (tertiary/aromatic N) is 2. The number of amides is 1. The Morgan fingerprint density at radius 1 is 1.26 bits per heavy atom. The molecule has 2 heterocycles. The van der Waals surface area contributed by atoms with Gasteiger partial charge in [-0.1, -0.05) is 29.8 Å². The Bertz CT molecular complexity index is 787. The molecule has 0 aliphatic carbocycles. The molecule has 1 aliphatic heterocycles. The number of rotatable bonds is 2. The first-order chi connectivity index (χ1) is 11.1. The van der Waals surface area contributed by atoms with E-state index in [1.54, 1.807) is 19.3 Å². The number of benzene rings is 1. The smallest absolute Gasteiger partial charge is 0.255 e. The third kappa shape index (κ3) is 3.16. The molecule has 1 aromatic carbocycles. The lowest BCUT2D eigenvalue weighted by Crippen LogP contribution is -2.48. The molecule has 3 rings (SSSR count). The average Bonchev–Trinajstić information content (AvgIpc) is 2.57. The fourth-order valence-electron chi connectivity index (χ4n) is 2.86. The molecule has 1 N–H and O–H groups in total. The van der Waals surface area contributed by atoms with Crippen molar-refractivity contribution >= 4 is 17.5 Å². The van der Waals surface area contributed by atoms with Gasteiger partial charge in [-0.05, 0) is 17.7 Å². The summed E-state index contributed by atoms with van der Waals surface area (Å²) in [5.41, 5.74) is 1.30. The first-order valence-electron chi connectivity index (χ1n) is 7.51. The zero-order valence-electron chi connectivity index (χ0n) is 12.8. The maximum atomic E-state index is 12.9. The van der Waals surface area contributed by atoms with E-state index in [0.717, 1.165) is 12.1 Å². The van der Waals surface area contributed by atoms with Crippen LogP contribution in [0.25, 0.3) is 0 Å². The van der Waals surface area contributed by atoms with E-state index in [4.69, 9.17) is 11.6 Å². The van der Waals surface area contributed by atoms with Crippen LogP contribution in [0, 0.1) is 0 Å². The van der Waals surface area contributed by atoms with Gasteiger partial charge in [0.15, 0.2) is 0 Å². The number of aromatic nitrogens is 1. The second-order valence-electron chi connectivity index (χ2n) is 5.61. The van der Waals surface area contributed by atoms with Crippen molar-refractivity contribution in [1.29, 1.82) is 0 Å². The highest BCUT2D eigenvalue weighted by molar-refractivity contribution is 6.31. The highest BCUT2D eigenvalue weighted by atomic mass is 35.5. The zero-order chi connectivity index (χ0) is 16.4. The van der Waals surface area contributed by atoms with Gasteiger partial charge >= 0.3 is 0 Å². The highest BCUT2D eigenvalue weighted by Crippen LogP contribution is 2.29. The van der Waals surface area contributed by atoms with E-state index in [1.807, 2.05) is 29.2 Å². The van der Waals surface area contributed by atoms with Gasteiger partial charge in [-0.25, -0.2) is 0 Å². The third-order valence-corrected chi connectivity index (χ3v) is 4.45. The minimum absolute atomic E-state index is 0.0907. The van der Waals surface area contributed by atoms with E-state index >= 15 is 0 Å². The van der Waals surface area contributed by atoms with Gasteiger partial charge in [-0.15, -0.1) is 0 Å². The minimum Gasteiger partial charge on any atom is -0.329 e. The fraction of sp³-hybridized carbons (Fsp3) is 0.294. The summed E-state index contributed by atoms with van der Waals surface area (Å²) in [6.45, 7) is 1.98. The van der Waals surface area contributed by atoms with E-state index in [0.29, 0.717) is 23.7 Å². The van der Waals surface area contributed by atoms with Crippen LogP contribution in [0.1, 0.15) is 22.0 Å². The summed E-state index contributed by atoms with van der Waals surface area (Å²) >= 11 is 6.31. The number of piperazine rings is 1. The molecule has 1 fully saturated rings. The van der Waals surface area contributed by atoms with Crippen molar-refractivity contribution in [1.82, 2.24) is 14.8 Å². The van der Waals surface area contributed by atoms with Crippen LogP contribution in [0.15, 0.2) is 47.4 Å². The van der Waals surface area contributed by atoms with E-state index in [1.165, 1.54) is 10.6 Å². The lowest BCUT2D eigenvalue weighted by atomic mass is 10.0. The van der Waals surface area contributed by atoms with E-state index in [-0.39, 0.29) is 17.5 Å². The number of carbonyl (C=O) groups excluding carboxylic acids is 1. The van der Waals surface area contributed by atoms with Crippen LogP contribution >= 0.6 is 11.6 Å². The van der Waals surface area contributed by atoms with Crippen molar-refractivity contribution in [3.05, 3.63) is 69.1 Å². The molecule has 0 spiro atoms. The van der Waals surface area contributed by atoms with Gasteiger partial charge in [0.05, 0.1) is 11.6 Å². The summed E-state index contributed by atoms with van der Waals surface area (Å²) < 4.78 is 1.42. The lowest BCUT2D eigenvalue weighted by molar-refractivity contribution is 0.0633. The molecule has 5 nitrogen and oxygen atoms in total. The predicted octanol–water partition coefficient (Wildman–Crippen LogP) is 1.83. The van der Waals surface area contributed by atoms with Crippen LogP contribution in [-0.4, -0.2) is 35.0 Å². The van der Waals surface area contributed by atoms with Gasteiger partial charge in [0.1, 0.15) is 0 Å². The molecule has 1 saturated heterocycles. The molecule has 1 amide bonds. The van der Waals surface area contributed by atoms with Crippen LogP contribution in [-0.2, 0) is 7.05 Å². The van der Waals surface area contributed by atoms with Gasteiger partial charge in [0, 0.05) is 44.0 Å². The van der Waals surface area contributed by atoms with Crippen molar-refractivity contribution in [3.63, 3.8) is 0 Å². The van der Waals surface area contributed by atoms with Crippen LogP contribution in [0.2, 0.25) is 5.02 Å². The molecular weight excluding hydrogens is 314 g/mol. The van der Waals surface area contributed by atoms with Gasteiger partial charge in [0.2, 0.25) is 5.56 Å². The molecule has 6 heteroatoms. The van der Waals surface area contributed by atoms with Crippen LogP contribution in [0.3, 0.4) is 0 Å². The van der Waals surface area contributed by atoms with Gasteiger partial charge < -0.3 is 14.8 Å². The Balaban J connectivity index is 1.95. The molecule has 23 heavy (non-hydrogen) atoms. The second kappa shape index (κ2) is 6.56. The van der Waals surface area contributed by atoms with Crippen LogP contribution < -0.4 is 10.9 Å². The first-order valence-corrected chi connectivity index (χ1v) is 7.88. The van der Waals surface area contributed by atoms with Crippen molar-refractivity contribution in [2.75, 3.05) is 19.6 Å². The van der Waals surface area contributed by atoms with E-state index in [2.05, 4.69) is 5.32 Å². The summed E-state index contributed by atoms with van der Waals surface area (Å²) in [6.07, 6.45) is 1.58. The Labute approximate surface area is 139 Å². The predicted molar refractivity (Wildman–Crippen MR) is 89.8 cm³/mol. The minimum atomic E-state index is -0.135. The Morgan fingerprint density at radius 3 is 2.78 bits per heavy atom. The summed E-state index contributed by atoms with van der Waals surface area (Å²) in [5.74, 6) is -0.0907. The molecule has 1 atom stereocenters. The second-order valence-corrected chi connectivity index (χ2v) is 6.01. The summed E-state index contributed by atoms with van der Waals surface area (Å²) in [7, 11) is 1.64. The molecule has 0 radical (unpaired) electrons. The van der Waals surface area contributed by atoms with E-state index < -0.39 is 0 Å². The molecular formula is C17H18ClN3O2. The lowest BCUT2D eigenvalue weighted by Gasteiger charge is -2.37. The van der Waals surface area contributed by atoms with Crippen molar-refractivity contribution in [2.45, 2.75) is 6.04 Å². The number of aryl methyl sites for hydroxylation is 1. The van der Waals surface area contributed by atoms with Crippen molar-refractivity contribution in [2.24, 2.45) is 7.05 Å². The fourth-order valence-corrected chi connectivity index (χ4v) is 3.12. The molecule has 1 unspecified atom stereocenters.